The maximum absolute atomic E-state index is 11.3. The Hall–Kier alpha value is -1.82. The number of hydrogen-bond donors (Lipinski definition) is 0. The minimum atomic E-state index is -0.404. The van der Waals surface area contributed by atoms with Crippen LogP contribution >= 0.6 is 11.3 Å². The molecule has 2 aromatic heterocycles. The van der Waals surface area contributed by atoms with Crippen LogP contribution in [0.1, 0.15) is 17.3 Å². The van der Waals surface area contributed by atoms with Crippen molar-refractivity contribution in [2.75, 3.05) is 6.61 Å². The summed E-state index contributed by atoms with van der Waals surface area (Å²) in [4.78, 5) is 24.3. The lowest BCUT2D eigenvalue weighted by molar-refractivity contribution is 0.0525. The van der Waals surface area contributed by atoms with Crippen molar-refractivity contribution in [1.82, 2.24) is 15.0 Å². The highest BCUT2D eigenvalue weighted by Gasteiger charge is 2.08. The van der Waals surface area contributed by atoms with Gasteiger partial charge in [0.2, 0.25) is 0 Å². The lowest BCUT2D eigenvalue weighted by atomic mass is 10.3. The van der Waals surface area contributed by atoms with Gasteiger partial charge in [0.05, 0.1) is 22.6 Å². The lowest BCUT2D eigenvalue weighted by Gasteiger charge is -2.00. The number of thiazole rings is 1. The molecule has 0 bridgehead atoms. The first kappa shape index (κ1) is 10.7. The lowest BCUT2D eigenvalue weighted by Crippen LogP contribution is -2.05. The molecule has 16 heavy (non-hydrogen) atoms. The van der Waals surface area contributed by atoms with Crippen LogP contribution in [0, 0.1) is 0 Å². The van der Waals surface area contributed by atoms with Gasteiger partial charge < -0.3 is 4.74 Å². The van der Waals surface area contributed by atoms with Crippen LogP contribution < -0.4 is 0 Å². The number of carbonyl (C=O) groups is 1. The van der Waals surface area contributed by atoms with Gasteiger partial charge in [0.1, 0.15) is 0 Å². The molecule has 0 unspecified atom stereocenters. The largest absolute Gasteiger partial charge is 0.462 e. The smallest absolute Gasteiger partial charge is 0.341 e. The van der Waals surface area contributed by atoms with Crippen molar-refractivity contribution >= 4 is 17.3 Å². The van der Waals surface area contributed by atoms with Gasteiger partial charge in [-0.3, -0.25) is 4.98 Å². The minimum absolute atomic E-state index is 0.343. The highest BCUT2D eigenvalue weighted by atomic mass is 32.1. The molecule has 0 fully saturated rings. The molecule has 0 aliphatic heterocycles. The average Bonchev–Trinajstić information content (AvgIpc) is 2.83. The Morgan fingerprint density at radius 2 is 2.12 bits per heavy atom. The number of hydrogen-bond acceptors (Lipinski definition) is 6. The van der Waals surface area contributed by atoms with E-state index >= 15 is 0 Å². The SMILES string of the molecule is CCOC(=O)c1cnc(-c2cncs2)nc1. The van der Waals surface area contributed by atoms with Gasteiger partial charge in [0.15, 0.2) is 5.82 Å². The zero-order chi connectivity index (χ0) is 11.4. The summed E-state index contributed by atoms with van der Waals surface area (Å²) in [5, 5.41) is 0. The second-order valence-electron chi connectivity index (χ2n) is 2.88. The summed E-state index contributed by atoms with van der Waals surface area (Å²) in [6.45, 7) is 2.10. The first-order valence-electron chi connectivity index (χ1n) is 4.69. The summed E-state index contributed by atoms with van der Waals surface area (Å²) >= 11 is 1.45. The van der Waals surface area contributed by atoms with Gasteiger partial charge in [-0.25, -0.2) is 14.8 Å². The monoisotopic (exact) mass is 235 g/mol. The van der Waals surface area contributed by atoms with Gasteiger partial charge >= 0.3 is 5.97 Å². The van der Waals surface area contributed by atoms with Crippen molar-refractivity contribution in [3.8, 4) is 10.7 Å². The summed E-state index contributed by atoms with van der Waals surface area (Å²) in [6, 6.07) is 0. The predicted octanol–water partition coefficient (Wildman–Crippen LogP) is 1.78. The standard InChI is InChI=1S/C10H9N3O2S/c1-2-15-10(14)7-3-12-9(13-4-7)8-5-11-6-16-8/h3-6H,2H2,1H3. The molecule has 0 spiro atoms. The van der Waals surface area contributed by atoms with Crippen molar-refractivity contribution in [3.05, 3.63) is 29.7 Å². The molecule has 0 aromatic carbocycles. The fraction of sp³-hybridized carbons (Fsp3) is 0.200. The molecule has 2 aromatic rings. The van der Waals surface area contributed by atoms with Crippen LogP contribution in [-0.4, -0.2) is 27.5 Å². The molecule has 5 nitrogen and oxygen atoms in total. The molecule has 0 saturated carbocycles. The predicted molar refractivity (Wildman–Crippen MR) is 59.1 cm³/mol. The molecule has 2 rings (SSSR count). The molecule has 0 N–H and O–H groups in total. The molecule has 0 aliphatic rings. The van der Waals surface area contributed by atoms with Gasteiger partial charge in [-0.1, -0.05) is 0 Å². The van der Waals surface area contributed by atoms with Crippen molar-refractivity contribution in [3.63, 3.8) is 0 Å². The van der Waals surface area contributed by atoms with E-state index in [0.717, 1.165) is 4.88 Å². The van der Waals surface area contributed by atoms with Crippen LogP contribution in [0.4, 0.5) is 0 Å². The maximum Gasteiger partial charge on any atom is 0.341 e. The number of nitrogens with zero attached hydrogens (tertiary/aromatic N) is 3. The third-order valence-electron chi connectivity index (χ3n) is 1.82. The van der Waals surface area contributed by atoms with Gasteiger partial charge in [0.25, 0.3) is 0 Å². The molecule has 0 amide bonds. The van der Waals surface area contributed by atoms with E-state index < -0.39 is 5.97 Å². The molecule has 0 aliphatic carbocycles. The number of rotatable bonds is 3. The normalized spacial score (nSPS) is 10.1. The molecular weight excluding hydrogens is 226 g/mol. The summed E-state index contributed by atoms with van der Waals surface area (Å²) in [5.41, 5.74) is 2.06. The highest BCUT2D eigenvalue weighted by molar-refractivity contribution is 7.13. The topological polar surface area (TPSA) is 65.0 Å². The quantitative estimate of drug-likeness (QED) is 0.759. The van der Waals surface area contributed by atoms with Crippen molar-refractivity contribution in [2.45, 2.75) is 6.92 Å². The molecule has 0 radical (unpaired) electrons. The van der Waals surface area contributed by atoms with Crippen molar-refractivity contribution in [1.29, 1.82) is 0 Å². The molecular formula is C10H9N3O2S. The van der Waals surface area contributed by atoms with Gasteiger partial charge in [0, 0.05) is 18.6 Å². The Morgan fingerprint density at radius 1 is 1.38 bits per heavy atom. The second-order valence-corrected chi connectivity index (χ2v) is 3.77. The van der Waals surface area contributed by atoms with E-state index in [-0.39, 0.29) is 0 Å². The summed E-state index contributed by atoms with van der Waals surface area (Å²) in [5.74, 6) is 0.161. The Labute approximate surface area is 96.2 Å². The first-order valence-corrected chi connectivity index (χ1v) is 5.57. The van der Waals surface area contributed by atoms with Crippen LogP contribution in [0.15, 0.2) is 24.1 Å². The Balaban J connectivity index is 2.20. The number of ether oxygens (including phenoxy) is 1. The highest BCUT2D eigenvalue weighted by Crippen LogP contribution is 2.18. The Morgan fingerprint density at radius 3 is 2.69 bits per heavy atom. The zero-order valence-electron chi connectivity index (χ0n) is 8.58. The third-order valence-corrected chi connectivity index (χ3v) is 2.58. The van der Waals surface area contributed by atoms with E-state index in [9.17, 15) is 4.79 Å². The van der Waals surface area contributed by atoms with Crippen LogP contribution in [0.25, 0.3) is 10.7 Å². The molecule has 2 heterocycles. The van der Waals surface area contributed by atoms with Gasteiger partial charge in [-0.05, 0) is 6.92 Å². The van der Waals surface area contributed by atoms with E-state index in [1.54, 1.807) is 18.6 Å². The number of esters is 1. The van der Waals surface area contributed by atoms with Crippen LogP contribution in [0.3, 0.4) is 0 Å². The maximum atomic E-state index is 11.3. The van der Waals surface area contributed by atoms with E-state index in [1.807, 2.05) is 0 Å². The Bertz CT molecular complexity index is 467. The van der Waals surface area contributed by atoms with Crippen LogP contribution in [-0.2, 0) is 4.74 Å². The summed E-state index contributed by atoms with van der Waals surface area (Å²) < 4.78 is 4.83. The minimum Gasteiger partial charge on any atom is -0.462 e. The summed E-state index contributed by atoms with van der Waals surface area (Å²) in [7, 11) is 0. The van der Waals surface area contributed by atoms with E-state index in [1.165, 1.54) is 23.7 Å². The molecule has 6 heteroatoms. The zero-order valence-corrected chi connectivity index (χ0v) is 9.40. The van der Waals surface area contributed by atoms with E-state index in [0.29, 0.717) is 18.0 Å². The fourth-order valence-electron chi connectivity index (χ4n) is 1.10. The van der Waals surface area contributed by atoms with Gasteiger partial charge in [-0.2, -0.15) is 0 Å². The molecule has 82 valence electrons. The van der Waals surface area contributed by atoms with Crippen LogP contribution in [0.5, 0.6) is 0 Å². The number of carbonyl (C=O) groups excluding carboxylic acids is 1. The van der Waals surface area contributed by atoms with Crippen molar-refractivity contribution < 1.29 is 9.53 Å². The van der Waals surface area contributed by atoms with E-state index in [2.05, 4.69) is 15.0 Å². The Kier molecular flexibility index (Phi) is 3.21. The van der Waals surface area contributed by atoms with Crippen LogP contribution in [0.2, 0.25) is 0 Å². The first-order chi connectivity index (χ1) is 7.81. The molecule has 0 atom stereocenters. The second kappa shape index (κ2) is 4.80. The third kappa shape index (κ3) is 2.22. The molecule has 0 saturated heterocycles. The van der Waals surface area contributed by atoms with Crippen molar-refractivity contribution in [2.24, 2.45) is 0 Å². The van der Waals surface area contributed by atoms with E-state index in [4.69, 9.17) is 4.74 Å². The fourth-order valence-corrected chi connectivity index (χ4v) is 1.67. The average molecular weight is 235 g/mol. The summed E-state index contributed by atoms with van der Waals surface area (Å²) in [6.07, 6.45) is 4.60. The number of aromatic nitrogens is 3. The van der Waals surface area contributed by atoms with Gasteiger partial charge in [-0.15, -0.1) is 11.3 Å².